The molecule has 0 unspecified atom stereocenters. The molecule has 0 fully saturated rings. The number of amides is 1. The standard InChI is InChI=1S/C18H17N3OS2/c1-2-23-18-21-20-17(24-18)19-16(22)15-10-8-14(9-11-15)12-13-6-4-3-5-7-13/h3-11H,2,12H2,1H3,(H,19,20,22). The number of anilines is 1. The Morgan fingerprint density at radius 1 is 1.04 bits per heavy atom. The van der Waals surface area contributed by atoms with Crippen LogP contribution in [0.5, 0.6) is 0 Å². The van der Waals surface area contributed by atoms with Gasteiger partial charge in [0.1, 0.15) is 0 Å². The lowest BCUT2D eigenvalue weighted by Gasteiger charge is -2.04. The van der Waals surface area contributed by atoms with Crippen LogP contribution in [0.25, 0.3) is 0 Å². The minimum Gasteiger partial charge on any atom is -0.296 e. The van der Waals surface area contributed by atoms with E-state index in [4.69, 9.17) is 0 Å². The molecule has 4 nitrogen and oxygen atoms in total. The maximum atomic E-state index is 12.3. The number of benzene rings is 2. The molecular weight excluding hydrogens is 338 g/mol. The number of hydrogen-bond donors (Lipinski definition) is 1. The molecule has 6 heteroatoms. The van der Waals surface area contributed by atoms with Crippen LogP contribution in [-0.4, -0.2) is 21.9 Å². The Kier molecular flexibility index (Phi) is 5.61. The predicted molar refractivity (Wildman–Crippen MR) is 100.0 cm³/mol. The average molecular weight is 355 g/mol. The summed E-state index contributed by atoms with van der Waals surface area (Å²) in [5.74, 6) is 0.774. The lowest BCUT2D eigenvalue weighted by Crippen LogP contribution is -2.11. The van der Waals surface area contributed by atoms with Crippen LogP contribution in [0.3, 0.4) is 0 Å². The number of nitrogens with one attached hydrogen (secondary N) is 1. The summed E-state index contributed by atoms with van der Waals surface area (Å²) >= 11 is 3.01. The van der Waals surface area contributed by atoms with E-state index in [1.54, 1.807) is 11.8 Å². The van der Waals surface area contributed by atoms with Gasteiger partial charge in [-0.1, -0.05) is 72.5 Å². The Hall–Kier alpha value is -2.18. The van der Waals surface area contributed by atoms with Crippen LogP contribution in [0, 0.1) is 0 Å². The van der Waals surface area contributed by atoms with Gasteiger partial charge in [-0.2, -0.15) is 0 Å². The molecule has 1 aromatic heterocycles. The van der Waals surface area contributed by atoms with Gasteiger partial charge in [0.25, 0.3) is 5.91 Å². The van der Waals surface area contributed by atoms with Crippen LogP contribution in [0.15, 0.2) is 58.9 Å². The van der Waals surface area contributed by atoms with E-state index < -0.39 is 0 Å². The second kappa shape index (κ2) is 8.08. The minimum absolute atomic E-state index is 0.162. The van der Waals surface area contributed by atoms with E-state index in [9.17, 15) is 4.79 Å². The van der Waals surface area contributed by atoms with Crippen molar-refractivity contribution in [2.24, 2.45) is 0 Å². The van der Waals surface area contributed by atoms with Crippen molar-refractivity contribution in [3.8, 4) is 0 Å². The molecule has 2 aromatic carbocycles. The number of carbonyl (C=O) groups is 1. The summed E-state index contributed by atoms with van der Waals surface area (Å²) in [6, 6.07) is 17.9. The molecule has 0 aliphatic heterocycles. The van der Waals surface area contributed by atoms with Gasteiger partial charge in [0.2, 0.25) is 5.13 Å². The molecule has 0 saturated heterocycles. The Bertz CT molecular complexity index is 801. The van der Waals surface area contributed by atoms with Crippen molar-refractivity contribution in [3.05, 3.63) is 71.3 Å². The highest BCUT2D eigenvalue weighted by atomic mass is 32.2. The molecule has 0 saturated carbocycles. The molecule has 3 aromatic rings. The quantitative estimate of drug-likeness (QED) is 0.523. The zero-order valence-electron chi connectivity index (χ0n) is 13.2. The van der Waals surface area contributed by atoms with Gasteiger partial charge >= 0.3 is 0 Å². The molecule has 1 N–H and O–H groups in total. The van der Waals surface area contributed by atoms with Gasteiger partial charge in [-0.15, -0.1) is 10.2 Å². The summed E-state index contributed by atoms with van der Waals surface area (Å²) in [6.45, 7) is 2.06. The summed E-state index contributed by atoms with van der Waals surface area (Å²) in [6.07, 6.45) is 0.858. The van der Waals surface area contributed by atoms with E-state index in [1.165, 1.54) is 22.5 Å². The third kappa shape index (κ3) is 4.43. The maximum absolute atomic E-state index is 12.3. The fourth-order valence-corrected chi connectivity index (χ4v) is 3.86. The molecule has 24 heavy (non-hydrogen) atoms. The van der Waals surface area contributed by atoms with Gasteiger partial charge in [-0.25, -0.2) is 0 Å². The first kappa shape index (κ1) is 16.7. The Morgan fingerprint density at radius 3 is 2.46 bits per heavy atom. The number of thioether (sulfide) groups is 1. The van der Waals surface area contributed by atoms with E-state index in [0.29, 0.717) is 10.7 Å². The predicted octanol–water partition coefficient (Wildman–Crippen LogP) is 4.49. The van der Waals surface area contributed by atoms with Gasteiger partial charge in [-0.3, -0.25) is 10.1 Å². The minimum atomic E-state index is -0.162. The molecule has 1 heterocycles. The molecule has 0 aliphatic carbocycles. The van der Waals surface area contributed by atoms with E-state index >= 15 is 0 Å². The normalized spacial score (nSPS) is 10.5. The number of nitrogens with zero attached hydrogens (tertiary/aromatic N) is 2. The smallest absolute Gasteiger partial charge is 0.257 e. The second-order valence-corrected chi connectivity index (χ2v) is 7.61. The second-order valence-electron chi connectivity index (χ2n) is 5.12. The number of carbonyl (C=O) groups excluding carboxylic acids is 1. The summed E-state index contributed by atoms with van der Waals surface area (Å²) < 4.78 is 0.867. The average Bonchev–Trinajstić information content (AvgIpc) is 3.04. The zero-order chi connectivity index (χ0) is 16.8. The van der Waals surface area contributed by atoms with Gasteiger partial charge < -0.3 is 0 Å². The topological polar surface area (TPSA) is 54.9 Å². The van der Waals surface area contributed by atoms with Crippen molar-refractivity contribution < 1.29 is 4.79 Å². The van der Waals surface area contributed by atoms with Crippen LogP contribution in [0.2, 0.25) is 0 Å². The zero-order valence-corrected chi connectivity index (χ0v) is 14.9. The summed E-state index contributed by atoms with van der Waals surface area (Å²) in [5, 5.41) is 11.4. The summed E-state index contributed by atoms with van der Waals surface area (Å²) in [4.78, 5) is 12.3. The number of aromatic nitrogens is 2. The first-order chi connectivity index (χ1) is 11.7. The summed E-state index contributed by atoms with van der Waals surface area (Å²) in [5.41, 5.74) is 3.05. The molecule has 0 bridgehead atoms. The SMILES string of the molecule is CCSc1nnc(NC(=O)c2ccc(Cc3ccccc3)cc2)s1. The first-order valence-electron chi connectivity index (χ1n) is 7.65. The van der Waals surface area contributed by atoms with Gasteiger partial charge in [0.15, 0.2) is 4.34 Å². The third-order valence-electron chi connectivity index (χ3n) is 3.36. The van der Waals surface area contributed by atoms with Crippen molar-refractivity contribution >= 4 is 34.1 Å². The van der Waals surface area contributed by atoms with E-state index in [1.807, 2.05) is 42.5 Å². The Balaban J connectivity index is 1.63. The molecule has 1 amide bonds. The lowest BCUT2D eigenvalue weighted by atomic mass is 10.0. The van der Waals surface area contributed by atoms with Crippen LogP contribution in [0.4, 0.5) is 5.13 Å². The lowest BCUT2D eigenvalue weighted by molar-refractivity contribution is 0.102. The molecular formula is C18H17N3OS2. The van der Waals surface area contributed by atoms with Crippen molar-refractivity contribution in [3.63, 3.8) is 0 Å². The van der Waals surface area contributed by atoms with E-state index in [2.05, 4.69) is 34.6 Å². The Morgan fingerprint density at radius 2 is 1.75 bits per heavy atom. The molecule has 3 rings (SSSR count). The highest BCUT2D eigenvalue weighted by molar-refractivity contribution is 8.01. The molecule has 0 radical (unpaired) electrons. The van der Waals surface area contributed by atoms with Crippen molar-refractivity contribution in [2.75, 3.05) is 11.1 Å². The van der Waals surface area contributed by atoms with E-state index in [-0.39, 0.29) is 5.91 Å². The van der Waals surface area contributed by atoms with Crippen LogP contribution in [0.1, 0.15) is 28.4 Å². The number of hydrogen-bond acceptors (Lipinski definition) is 5. The molecule has 122 valence electrons. The van der Waals surface area contributed by atoms with Gasteiger partial charge in [0.05, 0.1) is 0 Å². The third-order valence-corrected chi connectivity index (χ3v) is 5.22. The summed E-state index contributed by atoms with van der Waals surface area (Å²) in [7, 11) is 0. The van der Waals surface area contributed by atoms with Crippen LogP contribution < -0.4 is 5.32 Å². The highest BCUT2D eigenvalue weighted by Gasteiger charge is 2.10. The van der Waals surface area contributed by atoms with Gasteiger partial charge in [-0.05, 0) is 35.4 Å². The van der Waals surface area contributed by atoms with Crippen molar-refractivity contribution in [2.45, 2.75) is 17.7 Å². The van der Waals surface area contributed by atoms with Crippen LogP contribution in [-0.2, 0) is 6.42 Å². The number of rotatable bonds is 6. The van der Waals surface area contributed by atoms with Crippen molar-refractivity contribution in [1.82, 2.24) is 10.2 Å². The maximum Gasteiger partial charge on any atom is 0.257 e. The molecule has 0 atom stereocenters. The largest absolute Gasteiger partial charge is 0.296 e. The fourth-order valence-electron chi connectivity index (χ4n) is 2.22. The monoisotopic (exact) mass is 355 g/mol. The molecule has 0 spiro atoms. The van der Waals surface area contributed by atoms with E-state index in [0.717, 1.165) is 16.5 Å². The fraction of sp³-hybridized carbons (Fsp3) is 0.167. The van der Waals surface area contributed by atoms with Gasteiger partial charge in [0, 0.05) is 5.56 Å². The first-order valence-corrected chi connectivity index (χ1v) is 9.45. The molecule has 0 aliphatic rings. The Labute approximate surface area is 149 Å². The van der Waals surface area contributed by atoms with Crippen molar-refractivity contribution in [1.29, 1.82) is 0 Å². The highest BCUT2D eigenvalue weighted by Crippen LogP contribution is 2.25. The van der Waals surface area contributed by atoms with Crippen LogP contribution >= 0.6 is 23.1 Å².